The molecule has 5 heteroatoms. The molecular formula is C16H17N3O2. The van der Waals surface area contributed by atoms with Gasteiger partial charge in [0, 0.05) is 36.5 Å². The number of carbonyl (C=O) groups excluding carboxylic acids is 1. The van der Waals surface area contributed by atoms with Gasteiger partial charge in [0.15, 0.2) is 0 Å². The summed E-state index contributed by atoms with van der Waals surface area (Å²) >= 11 is 0. The third-order valence-corrected chi connectivity index (χ3v) is 3.52. The highest BCUT2D eigenvalue weighted by Crippen LogP contribution is 2.18. The summed E-state index contributed by atoms with van der Waals surface area (Å²) in [6.45, 7) is 1.28. The fraction of sp³-hybridized carbons (Fsp3) is 0.250. The molecule has 2 heterocycles. The number of ether oxygens (including phenoxy) is 1. The van der Waals surface area contributed by atoms with Crippen molar-refractivity contribution in [3.63, 3.8) is 0 Å². The Kier molecular flexibility index (Phi) is 3.73. The van der Waals surface area contributed by atoms with Gasteiger partial charge in [0.2, 0.25) is 5.88 Å². The summed E-state index contributed by atoms with van der Waals surface area (Å²) in [6, 6.07) is 12.5. The van der Waals surface area contributed by atoms with Crippen LogP contribution in [0, 0.1) is 0 Å². The van der Waals surface area contributed by atoms with E-state index in [1.165, 1.54) is 0 Å². The van der Waals surface area contributed by atoms with Crippen LogP contribution in [0.5, 0.6) is 5.88 Å². The highest BCUT2D eigenvalue weighted by molar-refractivity contribution is 5.94. The molecule has 5 nitrogen and oxygen atoms in total. The quantitative estimate of drug-likeness (QED) is 0.874. The minimum atomic E-state index is -0.00219. The Morgan fingerprint density at radius 2 is 2.05 bits per heavy atom. The Bertz CT molecular complexity index is 613. The number of amides is 1. The number of rotatable bonds is 3. The maximum atomic E-state index is 12.4. The molecule has 1 atom stereocenters. The molecule has 1 aliphatic rings. The SMILES string of the molecule is Nc1ccc(C(=O)N2CCC(Oc3ccccn3)C2)cc1. The molecule has 1 aromatic heterocycles. The van der Waals surface area contributed by atoms with E-state index in [0.29, 0.717) is 30.2 Å². The lowest BCUT2D eigenvalue weighted by Gasteiger charge is -2.17. The second kappa shape index (κ2) is 5.83. The predicted molar refractivity (Wildman–Crippen MR) is 80.0 cm³/mol. The van der Waals surface area contributed by atoms with E-state index >= 15 is 0 Å². The molecule has 21 heavy (non-hydrogen) atoms. The van der Waals surface area contributed by atoms with Gasteiger partial charge >= 0.3 is 0 Å². The van der Waals surface area contributed by atoms with Crippen LogP contribution in [0.4, 0.5) is 5.69 Å². The van der Waals surface area contributed by atoms with Crippen LogP contribution in [0.15, 0.2) is 48.7 Å². The van der Waals surface area contributed by atoms with Crippen molar-refractivity contribution in [2.75, 3.05) is 18.8 Å². The largest absolute Gasteiger partial charge is 0.472 e. The van der Waals surface area contributed by atoms with Gasteiger partial charge in [-0.1, -0.05) is 6.07 Å². The average Bonchev–Trinajstić information content (AvgIpc) is 2.97. The number of nitrogens with two attached hydrogens (primary N) is 1. The molecule has 1 unspecified atom stereocenters. The zero-order valence-corrected chi connectivity index (χ0v) is 11.6. The van der Waals surface area contributed by atoms with Gasteiger partial charge < -0.3 is 15.4 Å². The second-order valence-electron chi connectivity index (χ2n) is 5.07. The molecule has 1 aliphatic heterocycles. The molecular weight excluding hydrogens is 266 g/mol. The van der Waals surface area contributed by atoms with Gasteiger partial charge in [0.1, 0.15) is 6.10 Å². The first kappa shape index (κ1) is 13.4. The minimum absolute atomic E-state index is 0.00219. The molecule has 2 N–H and O–H groups in total. The van der Waals surface area contributed by atoms with E-state index < -0.39 is 0 Å². The molecule has 1 fully saturated rings. The highest BCUT2D eigenvalue weighted by atomic mass is 16.5. The van der Waals surface area contributed by atoms with Crippen LogP contribution in [-0.4, -0.2) is 35.0 Å². The third kappa shape index (κ3) is 3.13. The Hall–Kier alpha value is -2.56. The van der Waals surface area contributed by atoms with Crippen LogP contribution in [0.3, 0.4) is 0 Å². The maximum absolute atomic E-state index is 12.4. The first-order valence-electron chi connectivity index (χ1n) is 6.95. The molecule has 3 rings (SSSR count). The number of nitrogen functional groups attached to an aromatic ring is 1. The van der Waals surface area contributed by atoms with Gasteiger partial charge in [-0.2, -0.15) is 0 Å². The number of carbonyl (C=O) groups is 1. The topological polar surface area (TPSA) is 68.5 Å². The molecule has 1 amide bonds. The first-order valence-corrected chi connectivity index (χ1v) is 6.95. The lowest BCUT2D eigenvalue weighted by atomic mass is 10.2. The summed E-state index contributed by atoms with van der Waals surface area (Å²) in [5.74, 6) is 0.617. The summed E-state index contributed by atoms with van der Waals surface area (Å²) in [5, 5.41) is 0. The number of anilines is 1. The van der Waals surface area contributed by atoms with Crippen molar-refractivity contribution in [2.24, 2.45) is 0 Å². The van der Waals surface area contributed by atoms with Crippen LogP contribution in [0.1, 0.15) is 16.8 Å². The van der Waals surface area contributed by atoms with E-state index in [4.69, 9.17) is 10.5 Å². The van der Waals surface area contributed by atoms with E-state index in [2.05, 4.69) is 4.98 Å². The lowest BCUT2D eigenvalue weighted by Crippen LogP contribution is -2.31. The van der Waals surface area contributed by atoms with Crippen molar-refractivity contribution in [1.29, 1.82) is 0 Å². The number of aromatic nitrogens is 1. The van der Waals surface area contributed by atoms with E-state index in [1.54, 1.807) is 35.4 Å². The van der Waals surface area contributed by atoms with E-state index in [1.807, 2.05) is 18.2 Å². The summed E-state index contributed by atoms with van der Waals surface area (Å²) in [6.07, 6.45) is 2.51. The Balaban J connectivity index is 1.61. The van der Waals surface area contributed by atoms with Crippen molar-refractivity contribution in [2.45, 2.75) is 12.5 Å². The molecule has 108 valence electrons. The number of nitrogens with zero attached hydrogens (tertiary/aromatic N) is 2. The number of hydrogen-bond acceptors (Lipinski definition) is 4. The van der Waals surface area contributed by atoms with Crippen LogP contribution in [-0.2, 0) is 0 Å². The summed E-state index contributed by atoms with van der Waals surface area (Å²) in [7, 11) is 0. The van der Waals surface area contributed by atoms with Crippen LogP contribution in [0.2, 0.25) is 0 Å². The smallest absolute Gasteiger partial charge is 0.253 e. The molecule has 0 saturated carbocycles. The zero-order chi connectivity index (χ0) is 14.7. The molecule has 0 aliphatic carbocycles. The highest BCUT2D eigenvalue weighted by Gasteiger charge is 2.28. The number of benzene rings is 1. The van der Waals surface area contributed by atoms with Crippen LogP contribution >= 0.6 is 0 Å². The molecule has 2 aromatic rings. The van der Waals surface area contributed by atoms with Crippen LogP contribution in [0.25, 0.3) is 0 Å². The maximum Gasteiger partial charge on any atom is 0.253 e. The fourth-order valence-electron chi connectivity index (χ4n) is 2.40. The molecule has 0 spiro atoms. The molecule has 1 aromatic carbocycles. The predicted octanol–water partition coefficient (Wildman–Crippen LogP) is 1.96. The summed E-state index contributed by atoms with van der Waals surface area (Å²) in [5.41, 5.74) is 6.95. The van der Waals surface area contributed by atoms with E-state index in [0.717, 1.165) is 6.42 Å². The van der Waals surface area contributed by atoms with Crippen LogP contribution < -0.4 is 10.5 Å². The van der Waals surface area contributed by atoms with Crippen molar-refractivity contribution in [3.05, 3.63) is 54.2 Å². The zero-order valence-electron chi connectivity index (χ0n) is 11.6. The Labute approximate surface area is 123 Å². The van der Waals surface area contributed by atoms with E-state index in [-0.39, 0.29) is 12.0 Å². The van der Waals surface area contributed by atoms with E-state index in [9.17, 15) is 4.79 Å². The Morgan fingerprint density at radius 3 is 2.76 bits per heavy atom. The summed E-state index contributed by atoms with van der Waals surface area (Å²) in [4.78, 5) is 18.3. The molecule has 1 saturated heterocycles. The van der Waals surface area contributed by atoms with Gasteiger partial charge in [-0.15, -0.1) is 0 Å². The number of likely N-dealkylation sites (tertiary alicyclic amines) is 1. The number of hydrogen-bond donors (Lipinski definition) is 1. The standard InChI is InChI=1S/C16H17N3O2/c17-13-6-4-12(5-7-13)16(20)19-10-8-14(11-19)21-15-3-1-2-9-18-15/h1-7,9,14H,8,10-11,17H2. The molecule has 0 bridgehead atoms. The third-order valence-electron chi connectivity index (χ3n) is 3.52. The first-order chi connectivity index (χ1) is 10.2. The lowest BCUT2D eigenvalue weighted by molar-refractivity contribution is 0.0771. The van der Waals surface area contributed by atoms with Crippen molar-refractivity contribution in [3.8, 4) is 5.88 Å². The van der Waals surface area contributed by atoms with Gasteiger partial charge in [-0.05, 0) is 30.3 Å². The summed E-state index contributed by atoms with van der Waals surface area (Å²) < 4.78 is 5.79. The fourth-order valence-corrected chi connectivity index (χ4v) is 2.40. The number of pyridine rings is 1. The van der Waals surface area contributed by atoms with Crippen molar-refractivity contribution >= 4 is 11.6 Å². The minimum Gasteiger partial charge on any atom is -0.472 e. The molecule has 0 radical (unpaired) electrons. The average molecular weight is 283 g/mol. The normalized spacial score (nSPS) is 17.7. The van der Waals surface area contributed by atoms with Gasteiger partial charge in [-0.25, -0.2) is 4.98 Å². The monoisotopic (exact) mass is 283 g/mol. The van der Waals surface area contributed by atoms with Gasteiger partial charge in [0.25, 0.3) is 5.91 Å². The van der Waals surface area contributed by atoms with Crippen molar-refractivity contribution < 1.29 is 9.53 Å². The van der Waals surface area contributed by atoms with Crippen molar-refractivity contribution in [1.82, 2.24) is 9.88 Å². The second-order valence-corrected chi connectivity index (χ2v) is 5.07. The van der Waals surface area contributed by atoms with Gasteiger partial charge in [0.05, 0.1) is 6.54 Å². The van der Waals surface area contributed by atoms with Gasteiger partial charge in [-0.3, -0.25) is 4.79 Å². The Morgan fingerprint density at radius 1 is 1.24 bits per heavy atom.